The largest absolute Gasteiger partial charge is 0.493 e. The third-order valence-electron chi connectivity index (χ3n) is 1.86. The number of hydrogen-bond donors (Lipinski definition) is 1. The van der Waals surface area contributed by atoms with Crippen LogP contribution in [0.15, 0.2) is 29.3 Å². The zero-order valence-electron chi connectivity index (χ0n) is 9.53. The van der Waals surface area contributed by atoms with Crippen LogP contribution in [-0.2, 0) is 0 Å². The highest BCUT2D eigenvalue weighted by atomic mass is 16.5. The van der Waals surface area contributed by atoms with Gasteiger partial charge in [-0.2, -0.15) is 0 Å². The second-order valence-electron chi connectivity index (χ2n) is 3.54. The second kappa shape index (κ2) is 5.39. The van der Waals surface area contributed by atoms with Crippen molar-refractivity contribution in [3.05, 3.63) is 29.8 Å². The van der Waals surface area contributed by atoms with Gasteiger partial charge in [-0.15, -0.1) is 0 Å². The summed E-state index contributed by atoms with van der Waals surface area (Å²) < 4.78 is 5.48. The van der Waals surface area contributed by atoms with Crippen molar-refractivity contribution in [2.24, 2.45) is 10.7 Å². The van der Waals surface area contributed by atoms with E-state index in [0.29, 0.717) is 12.4 Å². The summed E-state index contributed by atoms with van der Waals surface area (Å²) in [6.45, 7) is 6.57. The lowest BCUT2D eigenvalue weighted by atomic mass is 10.2. The van der Waals surface area contributed by atoms with E-state index in [1.807, 2.05) is 45.0 Å². The monoisotopic (exact) mass is 206 g/mol. The molecule has 0 heterocycles. The third kappa shape index (κ3) is 3.27. The van der Waals surface area contributed by atoms with E-state index in [1.165, 1.54) is 0 Å². The molecule has 0 aliphatic heterocycles. The molecule has 1 rings (SSSR count). The maximum Gasteiger partial charge on any atom is 0.130 e. The number of ether oxygens (including phenoxy) is 1. The van der Waals surface area contributed by atoms with E-state index in [2.05, 4.69) is 4.99 Å². The number of nitrogens with zero attached hydrogens (tertiary/aromatic N) is 1. The Bertz CT molecular complexity index is 345. The van der Waals surface area contributed by atoms with Crippen LogP contribution in [0.3, 0.4) is 0 Å². The van der Waals surface area contributed by atoms with E-state index in [0.717, 1.165) is 11.3 Å². The molecule has 3 heteroatoms. The molecule has 0 aliphatic carbocycles. The molecule has 0 saturated carbocycles. The zero-order chi connectivity index (χ0) is 11.3. The fourth-order valence-corrected chi connectivity index (χ4v) is 1.31. The lowest BCUT2D eigenvalue weighted by Gasteiger charge is -2.10. The van der Waals surface area contributed by atoms with E-state index in [4.69, 9.17) is 10.5 Å². The van der Waals surface area contributed by atoms with Crippen LogP contribution in [-0.4, -0.2) is 18.5 Å². The number of rotatable bonds is 4. The first-order valence-electron chi connectivity index (χ1n) is 5.20. The molecule has 0 amide bonds. The standard InChI is InChI=1S/C12H18N2O/c1-4-15-11-8-6-5-7-10(11)12(13)14-9(2)3/h5-9H,4H2,1-3H3,(H2,13,14). The fourth-order valence-electron chi connectivity index (χ4n) is 1.31. The first-order chi connectivity index (χ1) is 7.15. The van der Waals surface area contributed by atoms with Gasteiger partial charge < -0.3 is 10.5 Å². The molecule has 0 aromatic heterocycles. The Labute approximate surface area is 91.0 Å². The molecule has 3 nitrogen and oxygen atoms in total. The zero-order valence-corrected chi connectivity index (χ0v) is 9.53. The van der Waals surface area contributed by atoms with Crippen LogP contribution in [0.4, 0.5) is 0 Å². The van der Waals surface area contributed by atoms with Gasteiger partial charge in [-0.25, -0.2) is 0 Å². The van der Waals surface area contributed by atoms with E-state index in [-0.39, 0.29) is 6.04 Å². The summed E-state index contributed by atoms with van der Waals surface area (Å²) in [5, 5.41) is 0. The van der Waals surface area contributed by atoms with Gasteiger partial charge in [0.2, 0.25) is 0 Å². The summed E-state index contributed by atoms with van der Waals surface area (Å²) in [6.07, 6.45) is 0. The molecule has 2 N–H and O–H groups in total. The van der Waals surface area contributed by atoms with Gasteiger partial charge in [0.05, 0.1) is 12.2 Å². The van der Waals surface area contributed by atoms with Crippen LogP contribution >= 0.6 is 0 Å². The summed E-state index contributed by atoms with van der Waals surface area (Å²) in [5.41, 5.74) is 6.77. The molecule has 0 unspecified atom stereocenters. The molecule has 0 bridgehead atoms. The minimum absolute atomic E-state index is 0.194. The number of hydrogen-bond acceptors (Lipinski definition) is 2. The van der Waals surface area contributed by atoms with Gasteiger partial charge in [0, 0.05) is 6.04 Å². The van der Waals surface area contributed by atoms with Crippen LogP contribution < -0.4 is 10.5 Å². The van der Waals surface area contributed by atoms with E-state index in [9.17, 15) is 0 Å². The number of nitrogens with two attached hydrogens (primary N) is 1. The minimum Gasteiger partial charge on any atom is -0.493 e. The Hall–Kier alpha value is -1.51. The Morgan fingerprint density at radius 1 is 1.40 bits per heavy atom. The molecular formula is C12H18N2O. The van der Waals surface area contributed by atoms with Gasteiger partial charge in [0.25, 0.3) is 0 Å². The van der Waals surface area contributed by atoms with Crippen molar-refractivity contribution in [1.82, 2.24) is 0 Å². The first kappa shape index (κ1) is 11.6. The predicted octanol–water partition coefficient (Wildman–Crippen LogP) is 2.20. The van der Waals surface area contributed by atoms with Crippen molar-refractivity contribution in [2.75, 3.05) is 6.61 Å². The normalized spacial score (nSPS) is 11.9. The number of amidine groups is 1. The molecule has 0 fully saturated rings. The van der Waals surface area contributed by atoms with Gasteiger partial charge in [0.1, 0.15) is 11.6 Å². The van der Waals surface area contributed by atoms with Crippen LogP contribution in [0.2, 0.25) is 0 Å². The molecule has 82 valence electrons. The predicted molar refractivity (Wildman–Crippen MR) is 63.5 cm³/mol. The smallest absolute Gasteiger partial charge is 0.130 e. The quantitative estimate of drug-likeness (QED) is 0.606. The van der Waals surface area contributed by atoms with E-state index < -0.39 is 0 Å². The molecule has 0 saturated heterocycles. The lowest BCUT2D eigenvalue weighted by molar-refractivity contribution is 0.339. The lowest BCUT2D eigenvalue weighted by Crippen LogP contribution is -2.17. The highest BCUT2D eigenvalue weighted by Gasteiger charge is 2.06. The van der Waals surface area contributed by atoms with Crippen molar-refractivity contribution in [3.8, 4) is 5.75 Å². The molecule has 0 radical (unpaired) electrons. The summed E-state index contributed by atoms with van der Waals surface area (Å²) in [4.78, 5) is 4.30. The summed E-state index contributed by atoms with van der Waals surface area (Å²) >= 11 is 0. The van der Waals surface area contributed by atoms with Crippen LogP contribution in [0.25, 0.3) is 0 Å². The number of benzene rings is 1. The topological polar surface area (TPSA) is 47.6 Å². The Morgan fingerprint density at radius 2 is 2.07 bits per heavy atom. The van der Waals surface area contributed by atoms with E-state index in [1.54, 1.807) is 0 Å². The molecule has 1 aromatic rings. The van der Waals surface area contributed by atoms with Crippen molar-refractivity contribution >= 4 is 5.84 Å². The molecular weight excluding hydrogens is 188 g/mol. The molecule has 0 spiro atoms. The average molecular weight is 206 g/mol. The van der Waals surface area contributed by atoms with Gasteiger partial charge >= 0.3 is 0 Å². The summed E-state index contributed by atoms with van der Waals surface area (Å²) in [6, 6.07) is 7.88. The van der Waals surface area contributed by atoms with Crippen LogP contribution in [0, 0.1) is 0 Å². The minimum atomic E-state index is 0.194. The Morgan fingerprint density at radius 3 is 2.67 bits per heavy atom. The van der Waals surface area contributed by atoms with Crippen molar-refractivity contribution in [3.63, 3.8) is 0 Å². The maximum atomic E-state index is 5.90. The van der Waals surface area contributed by atoms with Gasteiger partial charge in [-0.3, -0.25) is 4.99 Å². The Balaban J connectivity index is 3.02. The Kier molecular flexibility index (Phi) is 4.16. The highest BCUT2D eigenvalue weighted by molar-refractivity contribution is 6.00. The summed E-state index contributed by atoms with van der Waals surface area (Å²) in [7, 11) is 0. The van der Waals surface area contributed by atoms with Gasteiger partial charge in [-0.1, -0.05) is 12.1 Å². The number of para-hydroxylation sites is 1. The van der Waals surface area contributed by atoms with Crippen molar-refractivity contribution < 1.29 is 4.74 Å². The molecule has 0 atom stereocenters. The van der Waals surface area contributed by atoms with Gasteiger partial charge in [-0.05, 0) is 32.9 Å². The van der Waals surface area contributed by atoms with Crippen LogP contribution in [0.5, 0.6) is 5.75 Å². The molecule has 0 aliphatic rings. The highest BCUT2D eigenvalue weighted by Crippen LogP contribution is 2.17. The fraction of sp³-hybridized carbons (Fsp3) is 0.417. The third-order valence-corrected chi connectivity index (χ3v) is 1.86. The molecule has 15 heavy (non-hydrogen) atoms. The van der Waals surface area contributed by atoms with Crippen molar-refractivity contribution in [1.29, 1.82) is 0 Å². The van der Waals surface area contributed by atoms with E-state index >= 15 is 0 Å². The molecule has 1 aromatic carbocycles. The maximum absolute atomic E-state index is 5.90. The summed E-state index contributed by atoms with van der Waals surface area (Å²) in [5.74, 6) is 1.33. The number of aliphatic imine (C=N–C) groups is 1. The van der Waals surface area contributed by atoms with Crippen molar-refractivity contribution in [2.45, 2.75) is 26.8 Å². The van der Waals surface area contributed by atoms with Gasteiger partial charge in [0.15, 0.2) is 0 Å². The second-order valence-corrected chi connectivity index (χ2v) is 3.54. The van der Waals surface area contributed by atoms with Crippen LogP contribution in [0.1, 0.15) is 26.3 Å². The first-order valence-corrected chi connectivity index (χ1v) is 5.20. The SMILES string of the molecule is CCOc1ccccc1C(N)=NC(C)C. The average Bonchev–Trinajstić information content (AvgIpc) is 2.18.